The SMILES string of the molecule is CC(/C=C/C1CCCCC1)=C(\C)C1CCCCC1. The molecule has 0 radical (unpaired) electrons. The lowest BCUT2D eigenvalue weighted by atomic mass is 9.82. The molecular weight excluding hydrogens is 216 g/mol. The van der Waals surface area contributed by atoms with Crippen LogP contribution < -0.4 is 0 Å². The average Bonchev–Trinajstić information content (AvgIpc) is 2.46. The molecule has 0 aromatic rings. The highest BCUT2D eigenvalue weighted by Crippen LogP contribution is 2.32. The van der Waals surface area contributed by atoms with Crippen LogP contribution in [0.3, 0.4) is 0 Å². The molecule has 0 heteroatoms. The number of hydrogen-bond acceptors (Lipinski definition) is 0. The van der Waals surface area contributed by atoms with Crippen molar-refractivity contribution in [1.82, 2.24) is 0 Å². The molecule has 0 aromatic carbocycles. The maximum absolute atomic E-state index is 2.50. The minimum absolute atomic E-state index is 0.868. The van der Waals surface area contributed by atoms with Crippen LogP contribution in [0.15, 0.2) is 23.3 Å². The Morgan fingerprint density at radius 3 is 1.94 bits per heavy atom. The van der Waals surface area contributed by atoms with E-state index in [2.05, 4.69) is 26.0 Å². The summed E-state index contributed by atoms with van der Waals surface area (Å²) in [4.78, 5) is 0. The van der Waals surface area contributed by atoms with Gasteiger partial charge >= 0.3 is 0 Å². The first-order valence-electron chi connectivity index (χ1n) is 8.13. The summed E-state index contributed by atoms with van der Waals surface area (Å²) in [6.45, 7) is 4.69. The first-order chi connectivity index (χ1) is 8.77. The Morgan fingerprint density at radius 1 is 0.778 bits per heavy atom. The van der Waals surface area contributed by atoms with Gasteiger partial charge in [-0.25, -0.2) is 0 Å². The summed E-state index contributed by atoms with van der Waals surface area (Å²) in [5.74, 6) is 1.75. The molecule has 18 heavy (non-hydrogen) atoms. The van der Waals surface area contributed by atoms with Crippen molar-refractivity contribution in [2.24, 2.45) is 11.8 Å². The lowest BCUT2D eigenvalue weighted by Gasteiger charge is -2.24. The van der Waals surface area contributed by atoms with Crippen LogP contribution >= 0.6 is 0 Å². The first-order valence-corrected chi connectivity index (χ1v) is 8.13. The Kier molecular flexibility index (Phi) is 5.53. The molecule has 0 bridgehead atoms. The van der Waals surface area contributed by atoms with Gasteiger partial charge < -0.3 is 0 Å². The van der Waals surface area contributed by atoms with E-state index in [-0.39, 0.29) is 0 Å². The second-order valence-electron chi connectivity index (χ2n) is 6.46. The van der Waals surface area contributed by atoms with Crippen molar-refractivity contribution in [2.75, 3.05) is 0 Å². The molecule has 0 amide bonds. The molecule has 2 rings (SSSR count). The third-order valence-electron chi connectivity index (χ3n) is 5.11. The Labute approximate surface area is 114 Å². The second-order valence-corrected chi connectivity index (χ2v) is 6.46. The topological polar surface area (TPSA) is 0 Å². The van der Waals surface area contributed by atoms with Gasteiger partial charge in [-0.05, 0) is 51.4 Å². The van der Waals surface area contributed by atoms with Crippen LogP contribution in [-0.2, 0) is 0 Å². The molecule has 2 fully saturated rings. The summed E-state index contributed by atoms with van der Waals surface area (Å²) in [6.07, 6.45) is 19.3. The summed E-state index contributed by atoms with van der Waals surface area (Å²) >= 11 is 0. The Morgan fingerprint density at radius 2 is 1.33 bits per heavy atom. The Hall–Kier alpha value is -0.520. The molecule has 2 saturated carbocycles. The van der Waals surface area contributed by atoms with Crippen LogP contribution in [0.1, 0.15) is 78.1 Å². The highest BCUT2D eigenvalue weighted by atomic mass is 14.2. The molecule has 102 valence electrons. The van der Waals surface area contributed by atoms with Crippen LogP contribution in [0.25, 0.3) is 0 Å². The van der Waals surface area contributed by atoms with Gasteiger partial charge in [0.1, 0.15) is 0 Å². The minimum Gasteiger partial charge on any atom is -0.0812 e. The van der Waals surface area contributed by atoms with Crippen molar-refractivity contribution in [2.45, 2.75) is 78.1 Å². The van der Waals surface area contributed by atoms with Gasteiger partial charge in [-0.3, -0.25) is 0 Å². The third kappa shape index (κ3) is 4.00. The monoisotopic (exact) mass is 246 g/mol. The predicted molar refractivity (Wildman–Crippen MR) is 80.7 cm³/mol. The maximum Gasteiger partial charge on any atom is -0.0200 e. The van der Waals surface area contributed by atoms with Crippen molar-refractivity contribution in [1.29, 1.82) is 0 Å². The van der Waals surface area contributed by atoms with Crippen LogP contribution in [0.4, 0.5) is 0 Å². The maximum atomic E-state index is 2.50. The zero-order valence-electron chi connectivity index (χ0n) is 12.4. The van der Waals surface area contributed by atoms with Gasteiger partial charge in [0.15, 0.2) is 0 Å². The van der Waals surface area contributed by atoms with E-state index in [1.807, 2.05) is 0 Å². The first kappa shape index (κ1) is 13.9. The van der Waals surface area contributed by atoms with Crippen molar-refractivity contribution in [3.05, 3.63) is 23.3 Å². The van der Waals surface area contributed by atoms with Crippen molar-refractivity contribution >= 4 is 0 Å². The lowest BCUT2D eigenvalue weighted by Crippen LogP contribution is -2.08. The molecular formula is C18H30. The van der Waals surface area contributed by atoms with E-state index in [0.29, 0.717) is 0 Å². The molecule has 2 aliphatic carbocycles. The van der Waals surface area contributed by atoms with E-state index >= 15 is 0 Å². The quantitative estimate of drug-likeness (QED) is 0.532. The van der Waals surface area contributed by atoms with Gasteiger partial charge in [-0.15, -0.1) is 0 Å². The normalized spacial score (nSPS) is 25.4. The minimum atomic E-state index is 0.868. The zero-order valence-corrected chi connectivity index (χ0v) is 12.4. The lowest BCUT2D eigenvalue weighted by molar-refractivity contribution is 0.401. The highest BCUT2D eigenvalue weighted by Gasteiger charge is 2.16. The standard InChI is InChI=1S/C18H30/c1-15(13-14-17-9-5-3-6-10-17)16(2)18-11-7-4-8-12-18/h13-14,17-18H,3-12H2,1-2H3/b14-13+,16-15-. The van der Waals surface area contributed by atoms with E-state index in [1.54, 1.807) is 11.1 Å². The van der Waals surface area contributed by atoms with Gasteiger partial charge in [-0.2, -0.15) is 0 Å². The molecule has 0 saturated heterocycles. The number of hydrogen-bond donors (Lipinski definition) is 0. The largest absolute Gasteiger partial charge is 0.0812 e. The van der Waals surface area contributed by atoms with Gasteiger partial charge in [0.2, 0.25) is 0 Å². The molecule has 2 aliphatic rings. The van der Waals surface area contributed by atoms with Crippen molar-refractivity contribution in [3.63, 3.8) is 0 Å². The van der Waals surface area contributed by atoms with E-state index in [0.717, 1.165) is 11.8 Å². The summed E-state index contributed by atoms with van der Waals surface area (Å²) in [5.41, 5.74) is 3.22. The summed E-state index contributed by atoms with van der Waals surface area (Å²) < 4.78 is 0. The second kappa shape index (κ2) is 7.16. The van der Waals surface area contributed by atoms with Gasteiger partial charge in [0.05, 0.1) is 0 Å². The van der Waals surface area contributed by atoms with Gasteiger partial charge in [-0.1, -0.05) is 61.8 Å². The molecule has 0 aromatic heterocycles. The predicted octanol–water partition coefficient (Wildman–Crippen LogP) is 6.04. The van der Waals surface area contributed by atoms with Gasteiger partial charge in [0.25, 0.3) is 0 Å². The molecule has 0 N–H and O–H groups in total. The molecule has 0 nitrogen and oxygen atoms in total. The molecule has 0 spiro atoms. The molecule has 0 atom stereocenters. The van der Waals surface area contributed by atoms with E-state index < -0.39 is 0 Å². The average molecular weight is 246 g/mol. The number of allylic oxidation sites excluding steroid dienone is 4. The van der Waals surface area contributed by atoms with Gasteiger partial charge in [0, 0.05) is 0 Å². The molecule has 0 heterocycles. The van der Waals surface area contributed by atoms with E-state index in [9.17, 15) is 0 Å². The van der Waals surface area contributed by atoms with Crippen LogP contribution in [0.2, 0.25) is 0 Å². The van der Waals surface area contributed by atoms with E-state index in [4.69, 9.17) is 0 Å². The van der Waals surface area contributed by atoms with E-state index in [1.165, 1.54) is 64.2 Å². The zero-order chi connectivity index (χ0) is 12.8. The van der Waals surface area contributed by atoms with Crippen molar-refractivity contribution in [3.8, 4) is 0 Å². The molecule has 0 aliphatic heterocycles. The Balaban J connectivity index is 1.91. The highest BCUT2D eigenvalue weighted by molar-refractivity contribution is 5.25. The fourth-order valence-corrected chi connectivity index (χ4v) is 3.60. The van der Waals surface area contributed by atoms with Crippen LogP contribution in [0, 0.1) is 11.8 Å². The van der Waals surface area contributed by atoms with Crippen LogP contribution in [-0.4, -0.2) is 0 Å². The van der Waals surface area contributed by atoms with Crippen molar-refractivity contribution < 1.29 is 0 Å². The smallest absolute Gasteiger partial charge is 0.0200 e. The molecule has 0 unspecified atom stereocenters. The summed E-state index contributed by atoms with van der Waals surface area (Å²) in [5, 5.41) is 0. The summed E-state index contributed by atoms with van der Waals surface area (Å²) in [6, 6.07) is 0. The fourth-order valence-electron chi connectivity index (χ4n) is 3.60. The van der Waals surface area contributed by atoms with Crippen LogP contribution in [0.5, 0.6) is 0 Å². The summed E-state index contributed by atoms with van der Waals surface area (Å²) in [7, 11) is 0. The third-order valence-corrected chi connectivity index (χ3v) is 5.11. The fraction of sp³-hybridized carbons (Fsp3) is 0.778. The Bertz CT molecular complexity index is 296. The number of rotatable bonds is 3.